The lowest BCUT2D eigenvalue weighted by Gasteiger charge is -2.32. The molecule has 0 aliphatic carbocycles. The van der Waals surface area contributed by atoms with E-state index in [0.717, 1.165) is 86.9 Å². The number of sulfone groups is 2. The van der Waals surface area contributed by atoms with Gasteiger partial charge in [-0.25, -0.2) is 16.8 Å². The van der Waals surface area contributed by atoms with Crippen LogP contribution in [0.2, 0.25) is 0 Å². The summed E-state index contributed by atoms with van der Waals surface area (Å²) in [4.78, 5) is 5.68. The zero-order valence-electron chi connectivity index (χ0n) is 23.8. The van der Waals surface area contributed by atoms with Crippen LogP contribution in [0.1, 0.15) is 74.8 Å². The van der Waals surface area contributed by atoms with Gasteiger partial charge in [0, 0.05) is 11.0 Å². The van der Waals surface area contributed by atoms with Gasteiger partial charge < -0.3 is 9.80 Å². The van der Waals surface area contributed by atoms with Gasteiger partial charge in [-0.2, -0.15) is 0 Å². The van der Waals surface area contributed by atoms with Crippen LogP contribution in [0.25, 0.3) is 0 Å². The molecule has 0 amide bonds. The predicted molar refractivity (Wildman–Crippen MR) is 172 cm³/mol. The van der Waals surface area contributed by atoms with Crippen molar-refractivity contribution in [1.29, 1.82) is 0 Å². The Balaban J connectivity index is 1.29. The zero-order chi connectivity index (χ0) is 28.6. The van der Waals surface area contributed by atoms with Gasteiger partial charge >= 0.3 is 0 Å². The second kappa shape index (κ2) is 14.9. The van der Waals surface area contributed by atoms with E-state index in [4.69, 9.17) is 0 Å². The summed E-state index contributed by atoms with van der Waals surface area (Å²) in [6.07, 6.45) is 6.03. The van der Waals surface area contributed by atoms with Gasteiger partial charge in [-0.05, 0) is 125 Å². The number of hydrogen-bond acceptors (Lipinski definition) is 6. The second-order valence-electron chi connectivity index (χ2n) is 11.4. The monoisotopic (exact) mass is 700 g/mol. The van der Waals surface area contributed by atoms with Crippen LogP contribution < -0.4 is 0 Å². The fourth-order valence-corrected chi connectivity index (χ4v) is 9.68. The van der Waals surface area contributed by atoms with Gasteiger partial charge in [-0.3, -0.25) is 0 Å². The standard InChI is InChI=1S/C31H45IN2O4S2/c1-2-16-33-17-11-26(12-18-33)28-7-5-9-30(24-28)39(35,36)22-3-4-23-40(37,38)31-10-6-8-29(25-31)27-13-19-34(20-14-27)21-15-32/h5-10,24-27H,2-4,11-23H2,1H3. The van der Waals surface area contributed by atoms with E-state index in [1.165, 1.54) is 0 Å². The molecule has 2 heterocycles. The number of piperidine rings is 2. The first kappa shape index (κ1) is 31.9. The quantitative estimate of drug-likeness (QED) is 0.147. The molecule has 2 aliphatic heterocycles. The molecule has 222 valence electrons. The van der Waals surface area contributed by atoms with Gasteiger partial charge in [0.05, 0.1) is 21.3 Å². The Hall–Kier alpha value is -1.01. The maximum Gasteiger partial charge on any atom is 0.178 e. The number of nitrogens with zero attached hydrogens (tertiary/aromatic N) is 2. The van der Waals surface area contributed by atoms with Crippen LogP contribution in [0.5, 0.6) is 0 Å². The highest BCUT2D eigenvalue weighted by Crippen LogP contribution is 2.31. The second-order valence-corrected chi connectivity index (χ2v) is 16.7. The highest BCUT2D eigenvalue weighted by atomic mass is 127. The van der Waals surface area contributed by atoms with E-state index < -0.39 is 19.7 Å². The summed E-state index contributed by atoms with van der Waals surface area (Å²) < 4.78 is 53.6. The molecule has 9 heteroatoms. The van der Waals surface area contributed by atoms with Crippen molar-refractivity contribution in [3.05, 3.63) is 59.7 Å². The first-order valence-electron chi connectivity index (χ1n) is 14.9. The maximum atomic E-state index is 13.1. The number of halogens is 1. The SMILES string of the molecule is CCCN1CCC(c2cccc(S(=O)(=O)CCCCS(=O)(=O)c3cccc(C4CCN(CCI)CC4)c3)c2)CC1. The summed E-state index contributed by atoms with van der Waals surface area (Å²) in [6, 6.07) is 14.9. The van der Waals surface area contributed by atoms with Crippen molar-refractivity contribution in [1.82, 2.24) is 9.80 Å². The summed E-state index contributed by atoms with van der Waals surface area (Å²) in [5.74, 6) is 0.728. The molecule has 0 saturated carbocycles. The first-order chi connectivity index (χ1) is 19.2. The van der Waals surface area contributed by atoms with Gasteiger partial charge in [0.15, 0.2) is 19.7 Å². The third-order valence-electron chi connectivity index (χ3n) is 8.57. The van der Waals surface area contributed by atoms with E-state index >= 15 is 0 Å². The molecule has 2 fully saturated rings. The Bertz CT molecular complexity index is 1200. The van der Waals surface area contributed by atoms with E-state index in [1.807, 2.05) is 36.4 Å². The predicted octanol–water partition coefficient (Wildman–Crippen LogP) is 5.92. The van der Waals surface area contributed by atoms with Crippen molar-refractivity contribution in [3.63, 3.8) is 0 Å². The Labute approximate surface area is 255 Å². The lowest BCUT2D eigenvalue weighted by atomic mass is 9.89. The molecule has 2 saturated heterocycles. The molecular formula is C31H45IN2O4S2. The molecular weight excluding hydrogens is 655 g/mol. The minimum absolute atomic E-state index is 0.0310. The van der Waals surface area contributed by atoms with E-state index in [1.54, 1.807) is 12.1 Å². The summed E-state index contributed by atoms with van der Waals surface area (Å²) >= 11 is 2.41. The van der Waals surface area contributed by atoms with Crippen LogP contribution in [0.3, 0.4) is 0 Å². The molecule has 6 nitrogen and oxygen atoms in total. The Morgan fingerprint density at radius 2 is 1.12 bits per heavy atom. The van der Waals surface area contributed by atoms with Gasteiger partial charge in [-0.15, -0.1) is 0 Å². The minimum atomic E-state index is -3.46. The van der Waals surface area contributed by atoms with Crippen molar-refractivity contribution in [2.24, 2.45) is 0 Å². The van der Waals surface area contributed by atoms with Crippen LogP contribution in [0.15, 0.2) is 58.3 Å². The summed E-state index contributed by atoms with van der Waals surface area (Å²) in [6.45, 7) is 8.67. The lowest BCUT2D eigenvalue weighted by Crippen LogP contribution is -2.34. The molecule has 40 heavy (non-hydrogen) atoms. The van der Waals surface area contributed by atoms with Crippen molar-refractivity contribution >= 4 is 42.3 Å². The van der Waals surface area contributed by atoms with Crippen molar-refractivity contribution in [3.8, 4) is 0 Å². The third kappa shape index (κ3) is 8.75. The molecule has 0 aromatic heterocycles. The molecule has 0 bridgehead atoms. The molecule has 0 radical (unpaired) electrons. The molecule has 0 atom stereocenters. The van der Waals surface area contributed by atoms with Gasteiger partial charge in [0.1, 0.15) is 0 Å². The number of rotatable bonds is 13. The average Bonchev–Trinajstić information content (AvgIpc) is 2.97. The average molecular weight is 701 g/mol. The van der Waals surface area contributed by atoms with Crippen molar-refractivity contribution < 1.29 is 16.8 Å². The molecule has 0 N–H and O–H groups in total. The fraction of sp³-hybridized carbons (Fsp3) is 0.613. The number of alkyl halides is 1. The topological polar surface area (TPSA) is 74.8 Å². The summed E-state index contributed by atoms with van der Waals surface area (Å²) in [7, 11) is -6.93. The molecule has 2 aliphatic rings. The van der Waals surface area contributed by atoms with E-state index in [2.05, 4.69) is 39.3 Å². The number of unbranched alkanes of at least 4 members (excludes halogenated alkanes) is 1. The Morgan fingerprint density at radius 3 is 1.52 bits per heavy atom. The number of benzene rings is 2. The molecule has 2 aromatic rings. The normalized spacial score (nSPS) is 18.8. The largest absolute Gasteiger partial charge is 0.303 e. The molecule has 0 spiro atoms. The summed E-state index contributed by atoms with van der Waals surface area (Å²) in [5.41, 5.74) is 2.21. The van der Waals surface area contributed by atoms with Crippen LogP contribution >= 0.6 is 22.6 Å². The number of likely N-dealkylation sites (tertiary alicyclic amines) is 2. The minimum Gasteiger partial charge on any atom is -0.303 e. The van der Waals surface area contributed by atoms with Crippen molar-refractivity contribution in [2.75, 3.05) is 55.2 Å². The highest BCUT2D eigenvalue weighted by Gasteiger charge is 2.24. The van der Waals surface area contributed by atoms with Gasteiger partial charge in [0.2, 0.25) is 0 Å². The number of hydrogen-bond donors (Lipinski definition) is 0. The van der Waals surface area contributed by atoms with E-state index in [0.29, 0.717) is 34.5 Å². The highest BCUT2D eigenvalue weighted by molar-refractivity contribution is 14.1. The van der Waals surface area contributed by atoms with Crippen LogP contribution in [-0.4, -0.2) is 81.8 Å². The van der Waals surface area contributed by atoms with Crippen LogP contribution in [0, 0.1) is 0 Å². The lowest BCUT2D eigenvalue weighted by molar-refractivity contribution is 0.212. The van der Waals surface area contributed by atoms with E-state index in [9.17, 15) is 16.8 Å². The Morgan fingerprint density at radius 1 is 0.700 bits per heavy atom. The Kier molecular flexibility index (Phi) is 11.9. The van der Waals surface area contributed by atoms with Crippen molar-refractivity contribution in [2.45, 2.75) is 73.5 Å². The zero-order valence-corrected chi connectivity index (χ0v) is 27.6. The van der Waals surface area contributed by atoms with Crippen LogP contribution in [0.4, 0.5) is 0 Å². The smallest absolute Gasteiger partial charge is 0.178 e. The molecule has 0 unspecified atom stereocenters. The third-order valence-corrected chi connectivity index (χ3v) is 12.6. The molecule has 4 rings (SSSR count). The van der Waals surface area contributed by atoms with Gasteiger partial charge in [-0.1, -0.05) is 53.8 Å². The van der Waals surface area contributed by atoms with Crippen LogP contribution in [-0.2, 0) is 19.7 Å². The van der Waals surface area contributed by atoms with E-state index in [-0.39, 0.29) is 11.5 Å². The molecule has 2 aromatic carbocycles. The fourth-order valence-electron chi connectivity index (χ4n) is 6.16. The van der Waals surface area contributed by atoms with Gasteiger partial charge in [0.25, 0.3) is 0 Å². The maximum absolute atomic E-state index is 13.1. The first-order valence-corrected chi connectivity index (χ1v) is 19.7. The summed E-state index contributed by atoms with van der Waals surface area (Å²) in [5, 5.41) is 0.